The highest BCUT2D eigenvalue weighted by Gasteiger charge is 2.38. The van der Waals surface area contributed by atoms with Crippen LogP contribution in [-0.2, 0) is 16.6 Å². The van der Waals surface area contributed by atoms with Gasteiger partial charge in [-0.05, 0) is 55.5 Å². The van der Waals surface area contributed by atoms with E-state index in [0.29, 0.717) is 18.1 Å². The Hall–Kier alpha value is -0.620. The Balaban J connectivity index is 2.30. The Bertz CT molecular complexity index is 610. The van der Waals surface area contributed by atoms with E-state index in [9.17, 15) is 8.42 Å². The van der Waals surface area contributed by atoms with E-state index in [1.165, 1.54) is 6.07 Å². The predicted octanol–water partition coefficient (Wildman–Crippen LogP) is 2.45. The summed E-state index contributed by atoms with van der Waals surface area (Å²) in [5.41, 5.74) is 1.78. The molecule has 0 aromatic heterocycles. The van der Waals surface area contributed by atoms with Crippen LogP contribution in [0.5, 0.6) is 0 Å². The smallest absolute Gasteiger partial charge is 0.240 e. The van der Waals surface area contributed by atoms with Gasteiger partial charge in [0.05, 0.1) is 4.90 Å². The Morgan fingerprint density at radius 1 is 1.35 bits per heavy atom. The lowest BCUT2D eigenvalue weighted by Crippen LogP contribution is -2.30. The van der Waals surface area contributed by atoms with Gasteiger partial charge in [-0.2, -0.15) is 0 Å². The monoisotopic (exact) mass is 316 g/mol. The van der Waals surface area contributed by atoms with Crippen molar-refractivity contribution in [3.05, 3.63) is 28.3 Å². The molecule has 4 nitrogen and oxygen atoms in total. The van der Waals surface area contributed by atoms with E-state index in [4.69, 9.17) is 11.6 Å². The van der Waals surface area contributed by atoms with Crippen molar-refractivity contribution in [1.29, 1.82) is 0 Å². The minimum atomic E-state index is -3.51. The van der Waals surface area contributed by atoms with Gasteiger partial charge in [0.25, 0.3) is 0 Å². The summed E-state index contributed by atoms with van der Waals surface area (Å²) in [6.45, 7) is 4.98. The van der Waals surface area contributed by atoms with Crippen LogP contribution >= 0.6 is 11.6 Å². The van der Waals surface area contributed by atoms with Gasteiger partial charge >= 0.3 is 0 Å². The molecule has 1 saturated carbocycles. The van der Waals surface area contributed by atoms with Crippen LogP contribution in [0.15, 0.2) is 17.0 Å². The highest BCUT2D eigenvalue weighted by atomic mass is 35.5. The topological polar surface area (TPSA) is 58.2 Å². The van der Waals surface area contributed by atoms with Crippen molar-refractivity contribution in [3.8, 4) is 0 Å². The number of hydrogen-bond acceptors (Lipinski definition) is 3. The van der Waals surface area contributed by atoms with Crippen molar-refractivity contribution >= 4 is 21.6 Å². The fourth-order valence-corrected chi connectivity index (χ4v) is 3.91. The van der Waals surface area contributed by atoms with Gasteiger partial charge in [0, 0.05) is 18.1 Å². The lowest BCUT2D eigenvalue weighted by molar-refractivity contribution is 0.530. The second kappa shape index (κ2) is 5.64. The summed E-state index contributed by atoms with van der Waals surface area (Å²) in [6, 6.07) is 3.32. The molecule has 1 aromatic rings. The molecule has 20 heavy (non-hydrogen) atoms. The second-order valence-corrected chi connectivity index (χ2v) is 8.03. The molecular weight excluding hydrogens is 296 g/mol. The third kappa shape index (κ3) is 3.52. The average Bonchev–Trinajstić information content (AvgIpc) is 3.10. The maximum absolute atomic E-state index is 12.4. The van der Waals surface area contributed by atoms with Crippen LogP contribution in [0.25, 0.3) is 0 Å². The summed E-state index contributed by atoms with van der Waals surface area (Å²) >= 11 is 6.05. The van der Waals surface area contributed by atoms with Gasteiger partial charge in [-0.1, -0.05) is 18.5 Å². The highest BCUT2D eigenvalue weighted by molar-refractivity contribution is 7.89. The van der Waals surface area contributed by atoms with E-state index in [2.05, 4.69) is 17.0 Å². The SMILES string of the molecule is CNCc1cc(Cl)cc(S(=O)(=O)NCC2(C)CC2)c1C. The second-order valence-electron chi connectivity index (χ2n) is 5.85. The molecule has 0 bridgehead atoms. The normalized spacial score (nSPS) is 17.2. The molecule has 0 atom stereocenters. The van der Waals surface area contributed by atoms with Crippen molar-refractivity contribution in [2.45, 2.75) is 38.1 Å². The first-order valence-corrected chi connectivity index (χ1v) is 8.57. The number of benzene rings is 1. The largest absolute Gasteiger partial charge is 0.316 e. The number of rotatable bonds is 6. The van der Waals surface area contributed by atoms with Crippen LogP contribution in [0.1, 0.15) is 30.9 Å². The van der Waals surface area contributed by atoms with E-state index in [-0.39, 0.29) is 10.3 Å². The molecule has 0 amide bonds. The fourth-order valence-electron chi connectivity index (χ4n) is 2.10. The number of sulfonamides is 1. The van der Waals surface area contributed by atoms with Crippen molar-refractivity contribution in [3.63, 3.8) is 0 Å². The van der Waals surface area contributed by atoms with Gasteiger partial charge in [-0.15, -0.1) is 0 Å². The molecule has 1 aliphatic carbocycles. The first-order valence-electron chi connectivity index (χ1n) is 6.71. The van der Waals surface area contributed by atoms with Crippen LogP contribution in [0.4, 0.5) is 0 Å². The predicted molar refractivity (Wildman–Crippen MR) is 81.5 cm³/mol. The number of hydrogen-bond donors (Lipinski definition) is 2. The quantitative estimate of drug-likeness (QED) is 0.847. The first-order chi connectivity index (χ1) is 9.27. The molecule has 0 aliphatic heterocycles. The molecule has 6 heteroatoms. The van der Waals surface area contributed by atoms with Crippen molar-refractivity contribution in [2.24, 2.45) is 5.41 Å². The van der Waals surface area contributed by atoms with Crippen LogP contribution in [-0.4, -0.2) is 22.0 Å². The fraction of sp³-hybridized carbons (Fsp3) is 0.571. The molecule has 0 radical (unpaired) electrons. The van der Waals surface area contributed by atoms with Crippen molar-refractivity contribution < 1.29 is 8.42 Å². The van der Waals surface area contributed by atoms with E-state index < -0.39 is 10.0 Å². The van der Waals surface area contributed by atoms with Crippen molar-refractivity contribution in [2.75, 3.05) is 13.6 Å². The van der Waals surface area contributed by atoms with E-state index in [1.807, 2.05) is 14.0 Å². The standard InChI is InChI=1S/C14H21ClN2O2S/c1-10-11(8-16-3)6-12(15)7-13(10)20(18,19)17-9-14(2)4-5-14/h6-7,16-17H,4-5,8-9H2,1-3H3. The maximum Gasteiger partial charge on any atom is 0.240 e. The van der Waals surface area contributed by atoms with Gasteiger partial charge in [0.15, 0.2) is 0 Å². The zero-order valence-electron chi connectivity index (χ0n) is 12.1. The van der Waals surface area contributed by atoms with Gasteiger partial charge in [0.1, 0.15) is 0 Å². The van der Waals surface area contributed by atoms with Crippen LogP contribution < -0.4 is 10.0 Å². The molecule has 2 rings (SSSR count). The van der Waals surface area contributed by atoms with Crippen molar-refractivity contribution in [1.82, 2.24) is 10.0 Å². The summed E-state index contributed by atoms with van der Waals surface area (Å²) in [7, 11) is -1.69. The molecule has 1 aliphatic rings. The molecule has 1 fully saturated rings. The highest BCUT2D eigenvalue weighted by Crippen LogP contribution is 2.44. The number of halogens is 1. The van der Waals surface area contributed by atoms with E-state index in [1.54, 1.807) is 6.07 Å². The maximum atomic E-state index is 12.4. The molecule has 0 saturated heterocycles. The zero-order chi connectivity index (χ0) is 15.0. The molecule has 0 heterocycles. The Kier molecular flexibility index (Phi) is 4.44. The molecule has 2 N–H and O–H groups in total. The zero-order valence-corrected chi connectivity index (χ0v) is 13.7. The molecule has 0 unspecified atom stereocenters. The average molecular weight is 317 g/mol. The summed E-state index contributed by atoms with van der Waals surface area (Å²) in [5.74, 6) is 0. The summed E-state index contributed by atoms with van der Waals surface area (Å²) in [4.78, 5) is 0.277. The van der Waals surface area contributed by atoms with Crippen LogP contribution in [0.2, 0.25) is 5.02 Å². The molecular formula is C14H21ClN2O2S. The lowest BCUT2D eigenvalue weighted by Gasteiger charge is -2.15. The Labute approximate surface area is 126 Å². The summed E-state index contributed by atoms with van der Waals surface area (Å²) in [5, 5.41) is 3.47. The van der Waals surface area contributed by atoms with Gasteiger partial charge in [-0.3, -0.25) is 0 Å². The lowest BCUT2D eigenvalue weighted by atomic mass is 10.1. The van der Waals surface area contributed by atoms with Crippen LogP contribution in [0.3, 0.4) is 0 Å². The van der Waals surface area contributed by atoms with Gasteiger partial charge in [-0.25, -0.2) is 13.1 Å². The molecule has 112 valence electrons. The minimum Gasteiger partial charge on any atom is -0.316 e. The first kappa shape index (κ1) is 15.8. The molecule has 0 spiro atoms. The van der Waals surface area contributed by atoms with Crippen LogP contribution in [0, 0.1) is 12.3 Å². The number of nitrogens with one attached hydrogen (secondary N) is 2. The Morgan fingerprint density at radius 3 is 2.55 bits per heavy atom. The molecule has 1 aromatic carbocycles. The Morgan fingerprint density at radius 2 is 2.00 bits per heavy atom. The van der Waals surface area contributed by atoms with Gasteiger partial charge in [0.2, 0.25) is 10.0 Å². The summed E-state index contributed by atoms with van der Waals surface area (Å²) < 4.78 is 27.6. The third-order valence-corrected chi connectivity index (χ3v) is 5.63. The third-order valence-electron chi connectivity index (χ3n) is 3.88. The minimum absolute atomic E-state index is 0.132. The summed E-state index contributed by atoms with van der Waals surface area (Å²) in [6.07, 6.45) is 2.16. The van der Waals surface area contributed by atoms with Gasteiger partial charge < -0.3 is 5.32 Å². The van der Waals surface area contributed by atoms with E-state index in [0.717, 1.165) is 24.0 Å². The van der Waals surface area contributed by atoms with E-state index >= 15 is 0 Å².